The Labute approximate surface area is 105 Å². The number of Topliss-reactive ketones (excluding diaryl/α,β-unsaturated/α-hetero) is 1. The van der Waals surface area contributed by atoms with Crippen LogP contribution < -0.4 is 5.32 Å². The van der Waals surface area contributed by atoms with E-state index in [1.54, 1.807) is 10.9 Å². The summed E-state index contributed by atoms with van der Waals surface area (Å²) in [5.74, 6) is 2.30. The second kappa shape index (κ2) is 6.16. The first kappa shape index (κ1) is 12.6. The largest absolute Gasteiger partial charge is 0.312 e. The van der Waals surface area contributed by atoms with Gasteiger partial charge in [-0.15, -0.1) is 5.10 Å². The van der Waals surface area contributed by atoms with E-state index in [0.29, 0.717) is 18.2 Å². The van der Waals surface area contributed by atoms with Crippen molar-refractivity contribution >= 4 is 17.5 Å². The number of nitrogens with zero attached hydrogens (tertiary/aromatic N) is 3. The summed E-state index contributed by atoms with van der Waals surface area (Å²) in [4.78, 5) is 12.1. The van der Waals surface area contributed by atoms with E-state index >= 15 is 0 Å². The second-order valence-electron chi connectivity index (χ2n) is 4.20. The number of aromatic nitrogens is 3. The zero-order valence-corrected chi connectivity index (χ0v) is 10.9. The van der Waals surface area contributed by atoms with Crippen LogP contribution in [0.1, 0.15) is 30.3 Å². The molecule has 6 heteroatoms. The number of carbonyl (C=O) groups is 1. The van der Waals surface area contributed by atoms with Crippen molar-refractivity contribution < 1.29 is 4.79 Å². The molecule has 94 valence electrons. The first-order valence-corrected chi connectivity index (χ1v) is 7.19. The Morgan fingerprint density at radius 1 is 1.71 bits per heavy atom. The predicted octanol–water partition coefficient (Wildman–Crippen LogP) is 0.966. The molecule has 1 aliphatic rings. The highest BCUT2D eigenvalue weighted by atomic mass is 32.2. The van der Waals surface area contributed by atoms with E-state index in [0.717, 1.165) is 31.0 Å². The smallest absolute Gasteiger partial charge is 0.184 e. The molecule has 1 aliphatic heterocycles. The summed E-state index contributed by atoms with van der Waals surface area (Å²) in [6, 6.07) is 0.297. The van der Waals surface area contributed by atoms with Gasteiger partial charge in [-0.25, -0.2) is 4.68 Å². The first-order chi connectivity index (χ1) is 8.31. The number of hydrogen-bond donors (Lipinski definition) is 1. The molecule has 0 aromatic carbocycles. The molecule has 1 aromatic rings. The zero-order valence-electron chi connectivity index (χ0n) is 10.1. The van der Waals surface area contributed by atoms with Crippen LogP contribution in [0.4, 0.5) is 0 Å². The summed E-state index contributed by atoms with van der Waals surface area (Å²) in [6.07, 6.45) is 3.08. The summed E-state index contributed by atoms with van der Waals surface area (Å²) in [5.41, 5.74) is 0.643. The average Bonchev–Trinajstić information content (AvgIpc) is 2.79. The molecule has 2 heterocycles. The maximum Gasteiger partial charge on any atom is 0.184 e. The van der Waals surface area contributed by atoms with Crippen LogP contribution in [0.3, 0.4) is 0 Å². The standard InChI is InChI=1S/C11H18N4OS/c1-2-4-15-10(7-13-14-15)11(16)6-9-8-17-5-3-12-9/h7,9,12H,2-6,8H2,1H3. The fourth-order valence-corrected chi connectivity index (χ4v) is 2.88. The molecule has 1 aromatic heterocycles. The van der Waals surface area contributed by atoms with Crippen molar-refractivity contribution in [3.63, 3.8) is 0 Å². The number of nitrogens with one attached hydrogen (secondary N) is 1. The molecule has 17 heavy (non-hydrogen) atoms. The maximum absolute atomic E-state index is 12.1. The minimum Gasteiger partial charge on any atom is -0.312 e. The highest BCUT2D eigenvalue weighted by Gasteiger charge is 2.20. The van der Waals surface area contributed by atoms with Gasteiger partial charge in [-0.1, -0.05) is 12.1 Å². The van der Waals surface area contributed by atoms with Crippen molar-refractivity contribution in [2.24, 2.45) is 0 Å². The van der Waals surface area contributed by atoms with Gasteiger partial charge in [0, 0.05) is 37.1 Å². The van der Waals surface area contributed by atoms with Crippen LogP contribution in [0, 0.1) is 0 Å². The average molecular weight is 254 g/mol. The Morgan fingerprint density at radius 3 is 3.29 bits per heavy atom. The SMILES string of the molecule is CCCn1nncc1C(=O)CC1CSCCN1. The van der Waals surface area contributed by atoms with E-state index in [4.69, 9.17) is 0 Å². The zero-order chi connectivity index (χ0) is 12.1. The van der Waals surface area contributed by atoms with Crippen molar-refractivity contribution in [2.75, 3.05) is 18.1 Å². The molecule has 1 unspecified atom stereocenters. The van der Waals surface area contributed by atoms with E-state index < -0.39 is 0 Å². The van der Waals surface area contributed by atoms with Gasteiger partial charge in [0.2, 0.25) is 0 Å². The molecular formula is C11H18N4OS. The molecule has 1 atom stereocenters. The highest BCUT2D eigenvalue weighted by molar-refractivity contribution is 7.99. The van der Waals surface area contributed by atoms with Gasteiger partial charge in [0.15, 0.2) is 5.78 Å². The third-order valence-electron chi connectivity index (χ3n) is 2.77. The molecule has 0 spiro atoms. The topological polar surface area (TPSA) is 59.8 Å². The molecule has 0 bridgehead atoms. The Hall–Kier alpha value is -0.880. The lowest BCUT2D eigenvalue weighted by atomic mass is 10.1. The molecule has 1 saturated heterocycles. The van der Waals surface area contributed by atoms with Gasteiger partial charge in [0.05, 0.1) is 6.20 Å². The molecule has 2 rings (SSSR count). The van der Waals surface area contributed by atoms with Gasteiger partial charge in [-0.2, -0.15) is 11.8 Å². The lowest BCUT2D eigenvalue weighted by Crippen LogP contribution is -2.39. The molecule has 0 saturated carbocycles. The lowest BCUT2D eigenvalue weighted by molar-refractivity contribution is 0.0961. The lowest BCUT2D eigenvalue weighted by Gasteiger charge is -2.22. The van der Waals surface area contributed by atoms with Crippen LogP contribution >= 0.6 is 11.8 Å². The van der Waals surface area contributed by atoms with Gasteiger partial charge < -0.3 is 5.32 Å². The van der Waals surface area contributed by atoms with E-state index in [-0.39, 0.29) is 5.78 Å². The van der Waals surface area contributed by atoms with Crippen LogP contribution in [-0.4, -0.2) is 44.9 Å². The quantitative estimate of drug-likeness (QED) is 0.793. The number of thioether (sulfide) groups is 1. The number of hydrogen-bond acceptors (Lipinski definition) is 5. The van der Waals surface area contributed by atoms with Crippen LogP contribution in [0.25, 0.3) is 0 Å². The van der Waals surface area contributed by atoms with Crippen LogP contribution in [-0.2, 0) is 6.54 Å². The van der Waals surface area contributed by atoms with E-state index in [1.807, 2.05) is 11.8 Å². The summed E-state index contributed by atoms with van der Waals surface area (Å²) in [6.45, 7) is 3.82. The van der Waals surface area contributed by atoms with Gasteiger partial charge in [0.1, 0.15) is 5.69 Å². The third-order valence-corrected chi connectivity index (χ3v) is 3.90. The molecule has 5 nitrogen and oxygen atoms in total. The van der Waals surface area contributed by atoms with Crippen molar-refractivity contribution in [2.45, 2.75) is 32.4 Å². The summed E-state index contributed by atoms with van der Waals surface area (Å²) < 4.78 is 1.71. The third kappa shape index (κ3) is 3.29. The van der Waals surface area contributed by atoms with Gasteiger partial charge in [-0.3, -0.25) is 4.79 Å². The van der Waals surface area contributed by atoms with Gasteiger partial charge >= 0.3 is 0 Å². The normalized spacial score (nSPS) is 20.4. The molecule has 0 radical (unpaired) electrons. The molecular weight excluding hydrogens is 236 g/mol. The molecule has 0 amide bonds. The van der Waals surface area contributed by atoms with Crippen molar-refractivity contribution in [1.82, 2.24) is 20.3 Å². The second-order valence-corrected chi connectivity index (χ2v) is 5.35. The van der Waals surface area contributed by atoms with Crippen molar-refractivity contribution in [3.05, 3.63) is 11.9 Å². The molecule has 1 fully saturated rings. The van der Waals surface area contributed by atoms with Crippen LogP contribution in [0.5, 0.6) is 0 Å². The minimum atomic E-state index is 0.142. The predicted molar refractivity (Wildman–Crippen MR) is 68.4 cm³/mol. The van der Waals surface area contributed by atoms with E-state index in [9.17, 15) is 4.79 Å². The van der Waals surface area contributed by atoms with E-state index in [2.05, 4.69) is 22.6 Å². The molecule has 0 aliphatic carbocycles. The summed E-state index contributed by atoms with van der Waals surface area (Å²) in [7, 11) is 0. The maximum atomic E-state index is 12.1. The Morgan fingerprint density at radius 2 is 2.59 bits per heavy atom. The van der Waals surface area contributed by atoms with Gasteiger partial charge in [0.25, 0.3) is 0 Å². The summed E-state index contributed by atoms with van der Waals surface area (Å²) in [5, 5.41) is 11.1. The number of rotatable bonds is 5. The van der Waals surface area contributed by atoms with Crippen LogP contribution in [0.2, 0.25) is 0 Å². The van der Waals surface area contributed by atoms with Crippen LogP contribution in [0.15, 0.2) is 6.20 Å². The highest BCUT2D eigenvalue weighted by Crippen LogP contribution is 2.13. The first-order valence-electron chi connectivity index (χ1n) is 6.04. The van der Waals surface area contributed by atoms with E-state index in [1.165, 1.54) is 0 Å². The Balaban J connectivity index is 1.96. The van der Waals surface area contributed by atoms with Gasteiger partial charge in [-0.05, 0) is 6.42 Å². The van der Waals surface area contributed by atoms with Crippen molar-refractivity contribution in [1.29, 1.82) is 0 Å². The number of aryl methyl sites for hydroxylation is 1. The Bertz CT molecular complexity index is 373. The van der Waals surface area contributed by atoms with Crippen molar-refractivity contribution in [3.8, 4) is 0 Å². The fourth-order valence-electron chi connectivity index (χ4n) is 1.93. The number of ketones is 1. The Kier molecular flexibility index (Phi) is 4.56. The monoisotopic (exact) mass is 254 g/mol. The molecule has 1 N–H and O–H groups in total. The summed E-state index contributed by atoms with van der Waals surface area (Å²) >= 11 is 1.90. The fraction of sp³-hybridized carbons (Fsp3) is 0.727. The number of carbonyl (C=O) groups excluding carboxylic acids is 1. The minimum absolute atomic E-state index is 0.142.